The number of morpholine rings is 1. The van der Waals surface area contributed by atoms with Gasteiger partial charge >= 0.3 is 0 Å². The van der Waals surface area contributed by atoms with Crippen molar-refractivity contribution in [3.05, 3.63) is 50.5 Å². The van der Waals surface area contributed by atoms with Gasteiger partial charge in [-0.3, -0.25) is 19.4 Å². The van der Waals surface area contributed by atoms with Gasteiger partial charge in [0.15, 0.2) is 4.77 Å². The van der Waals surface area contributed by atoms with Gasteiger partial charge in [0.1, 0.15) is 5.56 Å². The van der Waals surface area contributed by atoms with Crippen LogP contribution in [0.25, 0.3) is 5.69 Å². The Morgan fingerprint density at radius 3 is 2.62 bits per heavy atom. The molecule has 8 heteroatoms. The first-order valence-electron chi connectivity index (χ1n) is 7.58. The average Bonchev–Trinajstić information content (AvgIpc) is 2.57. The first-order chi connectivity index (χ1) is 11.6. The molecule has 1 aromatic carbocycles. The molecule has 2 N–H and O–H groups in total. The molecule has 1 aliphatic heterocycles. The molecule has 0 saturated carbocycles. The van der Waals surface area contributed by atoms with Crippen molar-refractivity contribution >= 4 is 18.4 Å². The Balaban J connectivity index is 2.02. The van der Waals surface area contributed by atoms with E-state index in [4.69, 9.17) is 17.0 Å². The fourth-order valence-electron chi connectivity index (χ4n) is 2.40. The van der Waals surface area contributed by atoms with Crippen LogP contribution in [0.15, 0.2) is 34.2 Å². The summed E-state index contributed by atoms with van der Waals surface area (Å²) in [4.78, 5) is 14.7. The lowest BCUT2D eigenvalue weighted by molar-refractivity contribution is 0.0396. The molecule has 1 saturated heterocycles. The van der Waals surface area contributed by atoms with E-state index in [0.29, 0.717) is 32.0 Å². The second-order valence-electron chi connectivity index (χ2n) is 5.48. The van der Waals surface area contributed by atoms with E-state index in [-0.39, 0.29) is 16.2 Å². The zero-order chi connectivity index (χ0) is 17.1. The molecule has 1 fully saturated rings. The van der Waals surface area contributed by atoms with Crippen molar-refractivity contribution in [1.29, 1.82) is 0 Å². The molecular weight excluding hydrogens is 328 g/mol. The maximum absolute atomic E-state index is 12.1. The smallest absolute Gasteiger partial charge is 0.264 e. The van der Waals surface area contributed by atoms with E-state index in [1.807, 2.05) is 31.2 Å². The van der Waals surface area contributed by atoms with Crippen LogP contribution < -0.4 is 5.56 Å². The van der Waals surface area contributed by atoms with Gasteiger partial charge in [0.2, 0.25) is 5.88 Å². The average molecular weight is 346 g/mol. The Morgan fingerprint density at radius 2 is 1.96 bits per heavy atom. The van der Waals surface area contributed by atoms with E-state index in [9.17, 15) is 9.90 Å². The Hall–Kier alpha value is -2.45. The number of benzene rings is 1. The quantitative estimate of drug-likeness (QED) is 0.651. The number of aromatic nitrogens is 2. The van der Waals surface area contributed by atoms with E-state index in [0.717, 1.165) is 5.56 Å². The van der Waals surface area contributed by atoms with E-state index in [1.165, 1.54) is 10.8 Å². The molecule has 0 amide bonds. The Morgan fingerprint density at radius 1 is 1.29 bits per heavy atom. The van der Waals surface area contributed by atoms with Crippen molar-refractivity contribution in [1.82, 2.24) is 14.6 Å². The van der Waals surface area contributed by atoms with Gasteiger partial charge in [-0.1, -0.05) is 17.7 Å². The molecule has 2 heterocycles. The number of hydrazone groups is 1. The molecule has 0 bridgehead atoms. The van der Waals surface area contributed by atoms with Crippen molar-refractivity contribution in [3.63, 3.8) is 0 Å². The van der Waals surface area contributed by atoms with Gasteiger partial charge in [-0.25, -0.2) is 0 Å². The fraction of sp³-hybridized carbons (Fsp3) is 0.312. The highest BCUT2D eigenvalue weighted by atomic mass is 32.1. The number of rotatable bonds is 3. The zero-order valence-electron chi connectivity index (χ0n) is 13.2. The number of aryl methyl sites for hydroxylation is 1. The predicted octanol–water partition coefficient (Wildman–Crippen LogP) is 1.58. The van der Waals surface area contributed by atoms with Crippen molar-refractivity contribution in [2.75, 3.05) is 26.3 Å². The lowest BCUT2D eigenvalue weighted by Crippen LogP contribution is -2.32. The molecule has 24 heavy (non-hydrogen) atoms. The Labute approximate surface area is 143 Å². The number of ether oxygens (including phenoxy) is 1. The van der Waals surface area contributed by atoms with Gasteiger partial charge in [0, 0.05) is 0 Å². The van der Waals surface area contributed by atoms with Crippen molar-refractivity contribution in [2.45, 2.75) is 6.92 Å². The minimum Gasteiger partial charge on any atom is -0.494 e. The molecule has 126 valence electrons. The summed E-state index contributed by atoms with van der Waals surface area (Å²) < 4.78 is 6.79. The summed E-state index contributed by atoms with van der Waals surface area (Å²) in [7, 11) is 0. The highest BCUT2D eigenvalue weighted by Crippen LogP contribution is 2.19. The number of H-pyrrole nitrogens is 1. The van der Waals surface area contributed by atoms with Crippen LogP contribution in [0.4, 0.5) is 0 Å². The lowest BCUT2D eigenvalue weighted by atomic mass is 10.2. The highest BCUT2D eigenvalue weighted by molar-refractivity contribution is 7.71. The number of hydrogen-bond donors (Lipinski definition) is 2. The van der Waals surface area contributed by atoms with Gasteiger partial charge in [-0.05, 0) is 31.3 Å². The molecule has 1 aromatic heterocycles. The van der Waals surface area contributed by atoms with Crippen LogP contribution in [-0.4, -0.2) is 52.2 Å². The minimum atomic E-state index is -0.474. The Kier molecular flexibility index (Phi) is 4.77. The van der Waals surface area contributed by atoms with Gasteiger partial charge in [0.05, 0.1) is 38.2 Å². The first kappa shape index (κ1) is 16.4. The number of hydrogen-bond acceptors (Lipinski definition) is 6. The molecule has 1 aliphatic rings. The standard InChI is InChI=1S/C16H18N4O3S/c1-11-2-4-12(5-3-11)20-15(22)13(14(21)18-16(20)24)10-17-19-6-8-23-9-7-19/h2-5,10,22H,6-9H2,1H3,(H,18,21,24). The summed E-state index contributed by atoms with van der Waals surface area (Å²) in [6, 6.07) is 7.46. The maximum atomic E-state index is 12.1. The van der Waals surface area contributed by atoms with Crippen LogP contribution in [-0.2, 0) is 4.74 Å². The summed E-state index contributed by atoms with van der Waals surface area (Å²) in [6.07, 6.45) is 1.36. The van der Waals surface area contributed by atoms with Crippen LogP contribution in [0.3, 0.4) is 0 Å². The van der Waals surface area contributed by atoms with Crippen LogP contribution in [0.1, 0.15) is 11.1 Å². The topological polar surface area (TPSA) is 82.8 Å². The summed E-state index contributed by atoms with van der Waals surface area (Å²) in [5.74, 6) is -0.232. The number of aromatic hydroxyl groups is 1. The third kappa shape index (κ3) is 3.39. The number of nitrogens with zero attached hydrogens (tertiary/aromatic N) is 3. The van der Waals surface area contributed by atoms with Gasteiger partial charge in [-0.2, -0.15) is 5.10 Å². The van der Waals surface area contributed by atoms with Crippen molar-refractivity contribution in [3.8, 4) is 11.6 Å². The number of aromatic amines is 1. The molecule has 2 aromatic rings. The molecular formula is C16H18N4O3S. The maximum Gasteiger partial charge on any atom is 0.264 e. The third-order valence-corrected chi connectivity index (χ3v) is 4.04. The number of nitrogens with one attached hydrogen (secondary N) is 1. The predicted molar refractivity (Wildman–Crippen MR) is 93.6 cm³/mol. The molecule has 3 rings (SSSR count). The monoisotopic (exact) mass is 346 g/mol. The van der Waals surface area contributed by atoms with Gasteiger partial charge < -0.3 is 9.84 Å². The summed E-state index contributed by atoms with van der Waals surface area (Å²) in [6.45, 7) is 4.44. The zero-order valence-corrected chi connectivity index (χ0v) is 14.0. The fourth-order valence-corrected chi connectivity index (χ4v) is 2.68. The summed E-state index contributed by atoms with van der Waals surface area (Å²) >= 11 is 5.19. The van der Waals surface area contributed by atoms with E-state index < -0.39 is 5.56 Å². The SMILES string of the molecule is Cc1ccc(-n2c(O)c(C=NN3CCOCC3)c(=O)[nH]c2=S)cc1. The third-order valence-electron chi connectivity index (χ3n) is 3.75. The second kappa shape index (κ2) is 6.98. The van der Waals surface area contributed by atoms with Gasteiger partial charge in [0.25, 0.3) is 5.56 Å². The van der Waals surface area contributed by atoms with E-state index in [1.54, 1.807) is 5.01 Å². The van der Waals surface area contributed by atoms with E-state index in [2.05, 4.69) is 10.1 Å². The summed E-state index contributed by atoms with van der Waals surface area (Å²) in [5.41, 5.74) is 1.34. The second-order valence-corrected chi connectivity index (χ2v) is 5.86. The summed E-state index contributed by atoms with van der Waals surface area (Å²) in [5, 5.41) is 16.6. The lowest BCUT2D eigenvalue weighted by Gasteiger charge is -2.23. The molecule has 0 unspecified atom stereocenters. The first-order valence-corrected chi connectivity index (χ1v) is 7.99. The largest absolute Gasteiger partial charge is 0.494 e. The van der Waals surface area contributed by atoms with E-state index >= 15 is 0 Å². The van der Waals surface area contributed by atoms with Crippen LogP contribution in [0.2, 0.25) is 0 Å². The van der Waals surface area contributed by atoms with Crippen LogP contribution in [0, 0.1) is 11.7 Å². The van der Waals surface area contributed by atoms with Gasteiger partial charge in [-0.15, -0.1) is 0 Å². The van der Waals surface area contributed by atoms with Crippen LogP contribution in [0.5, 0.6) is 5.88 Å². The van der Waals surface area contributed by atoms with Crippen molar-refractivity contribution in [2.24, 2.45) is 5.10 Å². The highest BCUT2D eigenvalue weighted by Gasteiger charge is 2.13. The molecule has 7 nitrogen and oxygen atoms in total. The molecule has 0 atom stereocenters. The molecule has 0 aliphatic carbocycles. The normalized spacial score (nSPS) is 15.1. The Bertz CT molecular complexity index is 864. The molecule has 0 spiro atoms. The molecule has 0 radical (unpaired) electrons. The minimum absolute atomic E-state index is 0.0654. The van der Waals surface area contributed by atoms with Crippen molar-refractivity contribution < 1.29 is 9.84 Å². The van der Waals surface area contributed by atoms with Crippen LogP contribution >= 0.6 is 12.2 Å².